The molecule has 3 rings (SSSR count). The lowest BCUT2D eigenvalue weighted by Crippen LogP contribution is -2.43. The van der Waals surface area contributed by atoms with Gasteiger partial charge in [-0.15, -0.1) is 11.3 Å². The average molecular weight is 279 g/mol. The van der Waals surface area contributed by atoms with E-state index in [1.807, 2.05) is 5.51 Å². The van der Waals surface area contributed by atoms with Gasteiger partial charge >= 0.3 is 0 Å². The molecule has 19 heavy (non-hydrogen) atoms. The Hall–Kier alpha value is -0.450. The zero-order chi connectivity index (χ0) is 13.1. The van der Waals surface area contributed by atoms with Gasteiger partial charge in [-0.25, -0.2) is 4.98 Å². The topological polar surface area (TPSA) is 28.2 Å². The molecule has 1 aliphatic carbocycles. The Balaban J connectivity index is 1.34. The van der Waals surface area contributed by atoms with Gasteiger partial charge in [0.05, 0.1) is 11.2 Å². The van der Waals surface area contributed by atoms with Crippen molar-refractivity contribution >= 4 is 11.3 Å². The molecule has 2 heterocycles. The predicted molar refractivity (Wildman–Crippen MR) is 80.7 cm³/mol. The fourth-order valence-corrected chi connectivity index (χ4v) is 3.61. The van der Waals surface area contributed by atoms with Crippen LogP contribution in [0.15, 0.2) is 5.51 Å². The first-order chi connectivity index (χ1) is 9.31. The molecular weight excluding hydrogens is 254 g/mol. The van der Waals surface area contributed by atoms with Crippen LogP contribution in [0.2, 0.25) is 0 Å². The Morgan fingerprint density at radius 3 is 2.74 bits per heavy atom. The number of thiazole rings is 1. The van der Waals surface area contributed by atoms with Crippen molar-refractivity contribution in [1.82, 2.24) is 15.2 Å². The predicted octanol–water partition coefficient (Wildman–Crippen LogP) is 2.46. The van der Waals surface area contributed by atoms with Crippen molar-refractivity contribution in [2.75, 3.05) is 26.2 Å². The number of likely N-dealkylation sites (tertiary alicyclic amines) is 1. The zero-order valence-electron chi connectivity index (χ0n) is 11.9. The van der Waals surface area contributed by atoms with E-state index in [9.17, 15) is 0 Å². The highest BCUT2D eigenvalue weighted by molar-refractivity contribution is 7.09. The summed E-state index contributed by atoms with van der Waals surface area (Å²) in [7, 11) is 0. The zero-order valence-corrected chi connectivity index (χ0v) is 12.7. The first kappa shape index (κ1) is 13.5. The monoisotopic (exact) mass is 279 g/mol. The minimum Gasteiger partial charge on any atom is -0.314 e. The van der Waals surface area contributed by atoms with Crippen molar-refractivity contribution < 1.29 is 0 Å². The van der Waals surface area contributed by atoms with Gasteiger partial charge in [0.25, 0.3) is 0 Å². The molecule has 1 saturated heterocycles. The SMILES string of the molecule is Cc1ncsc1CCN1CCC(NCC2CC2)CC1. The van der Waals surface area contributed by atoms with Crippen LogP contribution in [-0.2, 0) is 6.42 Å². The Morgan fingerprint density at radius 1 is 1.32 bits per heavy atom. The van der Waals surface area contributed by atoms with Gasteiger partial charge in [-0.1, -0.05) is 0 Å². The van der Waals surface area contributed by atoms with E-state index >= 15 is 0 Å². The summed E-state index contributed by atoms with van der Waals surface area (Å²) in [4.78, 5) is 8.42. The van der Waals surface area contributed by atoms with Gasteiger partial charge in [0.2, 0.25) is 0 Å². The number of rotatable bonds is 6. The molecule has 0 spiro atoms. The van der Waals surface area contributed by atoms with Gasteiger partial charge in [-0.05, 0) is 64.6 Å². The van der Waals surface area contributed by atoms with Crippen molar-refractivity contribution in [2.45, 2.75) is 45.1 Å². The number of piperidine rings is 1. The minimum atomic E-state index is 0.780. The van der Waals surface area contributed by atoms with Crippen LogP contribution in [0.25, 0.3) is 0 Å². The second-order valence-electron chi connectivity index (χ2n) is 6.08. The lowest BCUT2D eigenvalue weighted by atomic mass is 10.0. The van der Waals surface area contributed by atoms with Crippen LogP contribution < -0.4 is 5.32 Å². The van der Waals surface area contributed by atoms with Gasteiger partial charge in [-0.2, -0.15) is 0 Å². The Morgan fingerprint density at radius 2 is 2.11 bits per heavy atom. The van der Waals surface area contributed by atoms with Crippen molar-refractivity contribution in [3.8, 4) is 0 Å². The van der Waals surface area contributed by atoms with Gasteiger partial charge in [0, 0.05) is 17.5 Å². The normalized spacial score (nSPS) is 21.9. The highest BCUT2D eigenvalue weighted by Crippen LogP contribution is 2.28. The van der Waals surface area contributed by atoms with Crippen LogP contribution in [0, 0.1) is 12.8 Å². The van der Waals surface area contributed by atoms with Gasteiger partial charge in [0.1, 0.15) is 0 Å². The number of aryl methyl sites for hydroxylation is 1. The summed E-state index contributed by atoms with van der Waals surface area (Å²) in [5, 5.41) is 3.75. The molecule has 0 atom stereocenters. The van der Waals surface area contributed by atoms with E-state index in [-0.39, 0.29) is 0 Å². The molecule has 0 amide bonds. The van der Waals surface area contributed by atoms with E-state index in [0.717, 1.165) is 12.0 Å². The summed E-state index contributed by atoms with van der Waals surface area (Å²) in [6.45, 7) is 7.13. The quantitative estimate of drug-likeness (QED) is 0.867. The molecule has 3 nitrogen and oxygen atoms in total. The smallest absolute Gasteiger partial charge is 0.0797 e. The third-order valence-corrected chi connectivity index (χ3v) is 5.47. The molecule has 0 bridgehead atoms. The molecule has 4 heteroatoms. The van der Waals surface area contributed by atoms with E-state index in [2.05, 4.69) is 22.1 Å². The molecule has 1 aliphatic heterocycles. The maximum Gasteiger partial charge on any atom is 0.0797 e. The maximum absolute atomic E-state index is 4.33. The third kappa shape index (κ3) is 4.01. The van der Waals surface area contributed by atoms with E-state index in [1.54, 1.807) is 11.3 Å². The lowest BCUT2D eigenvalue weighted by Gasteiger charge is -2.32. The average Bonchev–Trinajstić information content (AvgIpc) is 3.18. The first-order valence-corrected chi connectivity index (χ1v) is 8.54. The van der Waals surface area contributed by atoms with Gasteiger partial charge < -0.3 is 10.2 Å². The van der Waals surface area contributed by atoms with E-state index in [0.29, 0.717) is 0 Å². The van der Waals surface area contributed by atoms with Crippen LogP contribution in [0.5, 0.6) is 0 Å². The van der Waals surface area contributed by atoms with Gasteiger partial charge in [-0.3, -0.25) is 0 Å². The number of hydrogen-bond donors (Lipinski definition) is 1. The highest BCUT2D eigenvalue weighted by atomic mass is 32.1. The van der Waals surface area contributed by atoms with Gasteiger partial charge in [0.15, 0.2) is 0 Å². The maximum atomic E-state index is 4.33. The number of nitrogens with zero attached hydrogens (tertiary/aromatic N) is 2. The summed E-state index contributed by atoms with van der Waals surface area (Å²) >= 11 is 1.81. The molecule has 2 aliphatic rings. The molecule has 0 radical (unpaired) electrons. The van der Waals surface area contributed by atoms with Crippen molar-refractivity contribution in [3.63, 3.8) is 0 Å². The molecule has 0 aromatic carbocycles. The summed E-state index contributed by atoms with van der Waals surface area (Å²) < 4.78 is 0. The Labute approximate surface area is 120 Å². The summed E-state index contributed by atoms with van der Waals surface area (Å²) in [5.41, 5.74) is 3.20. The number of aromatic nitrogens is 1. The third-order valence-electron chi connectivity index (χ3n) is 4.48. The summed E-state index contributed by atoms with van der Waals surface area (Å²) in [5.74, 6) is 1.01. The lowest BCUT2D eigenvalue weighted by molar-refractivity contribution is 0.199. The largest absolute Gasteiger partial charge is 0.314 e. The van der Waals surface area contributed by atoms with Crippen LogP contribution >= 0.6 is 11.3 Å². The minimum absolute atomic E-state index is 0.780. The molecular formula is C15H25N3S. The van der Waals surface area contributed by atoms with E-state index < -0.39 is 0 Å². The summed E-state index contributed by atoms with van der Waals surface area (Å²) in [6, 6.07) is 0.780. The fourth-order valence-electron chi connectivity index (χ4n) is 2.84. The second-order valence-corrected chi connectivity index (χ2v) is 7.02. The Kier molecular flexibility index (Phi) is 4.51. The molecule has 1 N–H and O–H groups in total. The molecule has 1 aromatic heterocycles. The van der Waals surface area contributed by atoms with E-state index in [4.69, 9.17) is 0 Å². The van der Waals surface area contributed by atoms with Crippen LogP contribution in [-0.4, -0.2) is 42.1 Å². The first-order valence-electron chi connectivity index (χ1n) is 7.66. The van der Waals surface area contributed by atoms with Crippen molar-refractivity contribution in [3.05, 3.63) is 16.1 Å². The Bertz CT molecular complexity index is 392. The van der Waals surface area contributed by atoms with Crippen molar-refractivity contribution in [1.29, 1.82) is 0 Å². The number of hydrogen-bond acceptors (Lipinski definition) is 4. The van der Waals surface area contributed by atoms with Crippen LogP contribution in [0.3, 0.4) is 0 Å². The fraction of sp³-hybridized carbons (Fsp3) is 0.800. The van der Waals surface area contributed by atoms with E-state index in [1.165, 1.54) is 68.9 Å². The highest BCUT2D eigenvalue weighted by Gasteiger charge is 2.24. The van der Waals surface area contributed by atoms with Crippen LogP contribution in [0.1, 0.15) is 36.3 Å². The second kappa shape index (κ2) is 6.33. The molecule has 1 aromatic rings. The van der Waals surface area contributed by atoms with Crippen LogP contribution in [0.4, 0.5) is 0 Å². The molecule has 1 saturated carbocycles. The molecule has 2 fully saturated rings. The summed E-state index contributed by atoms with van der Waals surface area (Å²) in [6.07, 6.45) is 6.75. The standard InChI is InChI=1S/C15H25N3S/c1-12-15(19-11-17-12)6-9-18-7-4-14(5-8-18)16-10-13-2-3-13/h11,13-14,16H,2-10H2,1H3. The molecule has 0 unspecified atom stereocenters. The molecule has 106 valence electrons. The van der Waals surface area contributed by atoms with Crippen molar-refractivity contribution in [2.24, 2.45) is 5.92 Å². The number of nitrogens with one attached hydrogen (secondary N) is 1.